The van der Waals surface area contributed by atoms with E-state index in [1.165, 1.54) is 105 Å². The van der Waals surface area contributed by atoms with Crippen molar-refractivity contribution in [1.29, 1.82) is 0 Å². The number of unbranched alkanes of at least 4 members (excludes halogenated alkanes) is 7. The van der Waals surface area contributed by atoms with E-state index in [1.807, 2.05) is 6.21 Å². The molecular weight excluding hydrogens is 472 g/mol. The average Bonchev–Trinajstić information content (AvgIpc) is 2.94. The molecule has 0 fully saturated rings. The number of benzene rings is 2. The Morgan fingerprint density at radius 3 is 1.85 bits per heavy atom. The lowest BCUT2D eigenvalue weighted by atomic mass is 9.92. The average molecular weight is 531 g/mol. The summed E-state index contributed by atoms with van der Waals surface area (Å²) in [6.45, 7) is 15.9. The highest BCUT2D eigenvalue weighted by Gasteiger charge is 2.10. The Labute approximate surface area is 241 Å². The van der Waals surface area contributed by atoms with E-state index in [2.05, 4.69) is 72.7 Å². The highest BCUT2D eigenvalue weighted by atomic mass is 14.8. The summed E-state index contributed by atoms with van der Waals surface area (Å²) < 4.78 is 0. The molecular formula is C37H58N2. The Hall–Kier alpha value is -2.22. The Kier molecular flexibility index (Phi) is 16.0. The number of hydrogen-bond acceptors (Lipinski definition) is 2. The van der Waals surface area contributed by atoms with Crippen molar-refractivity contribution < 1.29 is 0 Å². The molecule has 0 spiro atoms. The summed E-state index contributed by atoms with van der Waals surface area (Å²) in [7, 11) is 0. The second-order valence-corrected chi connectivity index (χ2v) is 11.3. The van der Waals surface area contributed by atoms with Crippen molar-refractivity contribution in [2.45, 2.75) is 151 Å². The van der Waals surface area contributed by atoms with Crippen LogP contribution in [0.3, 0.4) is 0 Å². The molecule has 2 aromatic rings. The lowest BCUT2D eigenvalue weighted by Crippen LogP contribution is -2.01. The van der Waals surface area contributed by atoms with Gasteiger partial charge in [0.05, 0.1) is 17.1 Å². The van der Waals surface area contributed by atoms with Crippen LogP contribution in [0, 0.1) is 6.92 Å². The molecule has 2 nitrogen and oxygen atoms in total. The van der Waals surface area contributed by atoms with Crippen LogP contribution in [0.5, 0.6) is 0 Å². The second kappa shape index (κ2) is 19.0. The first-order valence-electron chi connectivity index (χ1n) is 16.4. The summed E-state index contributed by atoms with van der Waals surface area (Å²) in [5.41, 5.74) is 12.2. The second-order valence-electron chi connectivity index (χ2n) is 11.3. The third-order valence-corrected chi connectivity index (χ3v) is 8.08. The monoisotopic (exact) mass is 530 g/mol. The van der Waals surface area contributed by atoms with Gasteiger partial charge in [0.1, 0.15) is 0 Å². The van der Waals surface area contributed by atoms with Crippen LogP contribution in [0.4, 0.5) is 11.4 Å². The normalized spacial score (nSPS) is 12.1. The molecule has 39 heavy (non-hydrogen) atoms. The van der Waals surface area contributed by atoms with Crippen LogP contribution in [0.15, 0.2) is 34.3 Å². The van der Waals surface area contributed by atoms with Crippen LogP contribution >= 0.6 is 0 Å². The maximum absolute atomic E-state index is 5.10. The standard InChI is InChI=1S/C37H58N2/c1-8-14-17-18-19-20-22-32-26-34(24-29(7)37(32)23-16-10-3)38-28-33(12-5)39-35-25-30(11-4)36(13-6)31(27-35)21-15-9-2/h24-28H,8-23H2,1-7H3. The summed E-state index contributed by atoms with van der Waals surface area (Å²) in [5, 5.41) is 0. The molecule has 2 aromatic carbocycles. The Balaban J connectivity index is 2.31. The van der Waals surface area contributed by atoms with E-state index in [0.29, 0.717) is 0 Å². The molecule has 0 bridgehead atoms. The fourth-order valence-electron chi connectivity index (χ4n) is 5.69. The molecule has 216 valence electrons. The first-order chi connectivity index (χ1) is 19.0. The molecule has 0 radical (unpaired) electrons. The molecule has 0 saturated heterocycles. The van der Waals surface area contributed by atoms with Gasteiger partial charge in [-0.25, -0.2) is 0 Å². The molecule has 0 aliphatic carbocycles. The minimum Gasteiger partial charge on any atom is -0.255 e. The van der Waals surface area contributed by atoms with Gasteiger partial charge < -0.3 is 0 Å². The minimum absolute atomic E-state index is 0.878. The van der Waals surface area contributed by atoms with Gasteiger partial charge in [-0.2, -0.15) is 0 Å². The molecule has 0 saturated carbocycles. The molecule has 0 aromatic heterocycles. The van der Waals surface area contributed by atoms with Crippen LogP contribution in [0.2, 0.25) is 0 Å². The van der Waals surface area contributed by atoms with E-state index in [1.54, 1.807) is 5.56 Å². The van der Waals surface area contributed by atoms with E-state index in [4.69, 9.17) is 9.98 Å². The molecule has 0 unspecified atom stereocenters. The smallest absolute Gasteiger partial charge is 0.0639 e. The Bertz CT molecular complexity index is 1040. The van der Waals surface area contributed by atoms with Gasteiger partial charge in [-0.3, -0.25) is 9.98 Å². The number of nitrogens with zero attached hydrogens (tertiary/aromatic N) is 2. The Morgan fingerprint density at radius 2 is 1.18 bits per heavy atom. The van der Waals surface area contributed by atoms with Gasteiger partial charge in [-0.05, 0) is 122 Å². The van der Waals surface area contributed by atoms with E-state index < -0.39 is 0 Å². The van der Waals surface area contributed by atoms with Crippen molar-refractivity contribution in [2.24, 2.45) is 9.98 Å². The fraction of sp³-hybridized carbons (Fsp3) is 0.622. The van der Waals surface area contributed by atoms with Gasteiger partial charge in [-0.15, -0.1) is 0 Å². The van der Waals surface area contributed by atoms with Crippen molar-refractivity contribution in [2.75, 3.05) is 0 Å². The van der Waals surface area contributed by atoms with Crippen LogP contribution in [-0.4, -0.2) is 11.9 Å². The molecule has 0 atom stereocenters. The summed E-state index contributed by atoms with van der Waals surface area (Å²) in [4.78, 5) is 10.1. The summed E-state index contributed by atoms with van der Waals surface area (Å²) in [6, 6.07) is 9.29. The van der Waals surface area contributed by atoms with Gasteiger partial charge in [-0.1, -0.05) is 86.5 Å². The number of rotatable bonds is 19. The summed E-state index contributed by atoms with van der Waals surface area (Å²) >= 11 is 0. The van der Waals surface area contributed by atoms with Crippen LogP contribution in [-0.2, 0) is 32.1 Å². The van der Waals surface area contributed by atoms with Crippen molar-refractivity contribution in [3.05, 3.63) is 57.6 Å². The first kappa shape index (κ1) is 33.0. The van der Waals surface area contributed by atoms with Crippen LogP contribution in [0.1, 0.15) is 146 Å². The fourth-order valence-corrected chi connectivity index (χ4v) is 5.69. The highest BCUT2D eigenvalue weighted by Crippen LogP contribution is 2.28. The van der Waals surface area contributed by atoms with Crippen molar-refractivity contribution in [3.63, 3.8) is 0 Å². The van der Waals surface area contributed by atoms with Crippen molar-refractivity contribution in [3.8, 4) is 0 Å². The molecule has 2 rings (SSSR count). The maximum atomic E-state index is 5.10. The van der Waals surface area contributed by atoms with Crippen molar-refractivity contribution in [1.82, 2.24) is 0 Å². The minimum atomic E-state index is 0.878. The SMILES string of the molecule is CCCCCCCCc1cc(N=CC(CC)=Nc2cc(CC)c(CC)c(CCCC)c2)cc(C)c1CCCC. The zero-order valence-corrected chi connectivity index (χ0v) is 26.6. The lowest BCUT2D eigenvalue weighted by molar-refractivity contribution is 0.606. The van der Waals surface area contributed by atoms with Crippen LogP contribution < -0.4 is 0 Å². The third-order valence-electron chi connectivity index (χ3n) is 8.08. The summed E-state index contributed by atoms with van der Waals surface area (Å²) in [5.74, 6) is 0. The van der Waals surface area contributed by atoms with Gasteiger partial charge in [0.25, 0.3) is 0 Å². The van der Waals surface area contributed by atoms with E-state index in [9.17, 15) is 0 Å². The van der Waals surface area contributed by atoms with E-state index in [0.717, 1.165) is 42.8 Å². The molecule has 0 aliphatic rings. The highest BCUT2D eigenvalue weighted by molar-refractivity contribution is 6.31. The molecule has 2 heteroatoms. The van der Waals surface area contributed by atoms with Gasteiger partial charge >= 0.3 is 0 Å². The molecule has 0 N–H and O–H groups in total. The van der Waals surface area contributed by atoms with Crippen molar-refractivity contribution >= 4 is 23.3 Å². The van der Waals surface area contributed by atoms with Crippen LogP contribution in [0.25, 0.3) is 0 Å². The van der Waals surface area contributed by atoms with E-state index in [-0.39, 0.29) is 0 Å². The maximum Gasteiger partial charge on any atom is 0.0639 e. The van der Waals surface area contributed by atoms with Gasteiger partial charge in [0.15, 0.2) is 0 Å². The van der Waals surface area contributed by atoms with Gasteiger partial charge in [0.2, 0.25) is 0 Å². The number of hydrogen-bond donors (Lipinski definition) is 0. The largest absolute Gasteiger partial charge is 0.255 e. The third kappa shape index (κ3) is 11.1. The quantitative estimate of drug-likeness (QED) is 0.127. The molecule has 0 amide bonds. The molecule has 0 heterocycles. The van der Waals surface area contributed by atoms with Gasteiger partial charge in [0, 0.05) is 6.21 Å². The zero-order chi connectivity index (χ0) is 28.5. The number of aryl methyl sites for hydroxylation is 4. The zero-order valence-electron chi connectivity index (χ0n) is 26.6. The van der Waals surface area contributed by atoms with E-state index >= 15 is 0 Å². The Morgan fingerprint density at radius 1 is 0.590 bits per heavy atom. The topological polar surface area (TPSA) is 24.7 Å². The predicted octanol–water partition coefficient (Wildman–Crippen LogP) is 11.6. The molecule has 0 aliphatic heterocycles. The predicted molar refractivity (Wildman–Crippen MR) is 176 cm³/mol. The summed E-state index contributed by atoms with van der Waals surface area (Å²) in [6.07, 6.45) is 21.6. The lowest BCUT2D eigenvalue weighted by Gasteiger charge is -2.15. The first-order valence-corrected chi connectivity index (χ1v) is 16.4. The number of aliphatic imine (C=N–C) groups is 2.